The van der Waals surface area contributed by atoms with E-state index >= 15 is 0 Å². The van der Waals surface area contributed by atoms with Gasteiger partial charge < -0.3 is 15.4 Å². The van der Waals surface area contributed by atoms with Gasteiger partial charge in [-0.1, -0.05) is 34.1 Å². The standard InChI is InChI=1S/C15H21BrN2O2.ClH/c1-18(10-12-4-2-3-5-13(12)16)15(19)14(17)11-6-8-20-9-7-11;/h2-5,11,14H,6-10,17H2,1H3;1H. The number of nitrogens with two attached hydrogens (primary N) is 1. The summed E-state index contributed by atoms with van der Waals surface area (Å²) in [4.78, 5) is 14.1. The lowest BCUT2D eigenvalue weighted by Crippen LogP contribution is -2.47. The average Bonchev–Trinajstić information content (AvgIpc) is 2.49. The zero-order valence-corrected chi connectivity index (χ0v) is 14.5. The largest absolute Gasteiger partial charge is 0.381 e. The number of carbonyl (C=O) groups is 1. The van der Waals surface area contributed by atoms with Gasteiger partial charge in [0.25, 0.3) is 0 Å². The number of ether oxygens (including phenoxy) is 1. The van der Waals surface area contributed by atoms with E-state index in [1.165, 1.54) is 0 Å². The molecule has 1 heterocycles. The molecule has 1 atom stereocenters. The molecule has 1 fully saturated rings. The molecule has 0 aromatic heterocycles. The Morgan fingerprint density at radius 1 is 1.43 bits per heavy atom. The Balaban J connectivity index is 0.00000220. The number of hydrogen-bond donors (Lipinski definition) is 1. The van der Waals surface area contributed by atoms with E-state index in [1.54, 1.807) is 11.9 Å². The molecule has 2 N–H and O–H groups in total. The fourth-order valence-electron chi connectivity index (χ4n) is 2.49. The third kappa shape index (κ3) is 4.95. The van der Waals surface area contributed by atoms with E-state index in [0.29, 0.717) is 19.8 Å². The van der Waals surface area contributed by atoms with E-state index in [0.717, 1.165) is 22.9 Å². The lowest BCUT2D eigenvalue weighted by molar-refractivity contribution is -0.133. The predicted molar refractivity (Wildman–Crippen MR) is 89.4 cm³/mol. The molecule has 4 nitrogen and oxygen atoms in total. The normalized spacial score (nSPS) is 16.9. The summed E-state index contributed by atoms with van der Waals surface area (Å²) in [6.45, 7) is 1.98. The van der Waals surface area contributed by atoms with Gasteiger partial charge in [-0.2, -0.15) is 0 Å². The molecule has 1 aliphatic rings. The first-order valence-corrected chi connectivity index (χ1v) is 7.70. The number of carbonyl (C=O) groups excluding carboxylic acids is 1. The Hall–Kier alpha value is -0.620. The Labute approximate surface area is 140 Å². The van der Waals surface area contributed by atoms with Crippen LogP contribution in [0.4, 0.5) is 0 Å². The lowest BCUT2D eigenvalue weighted by atomic mass is 9.91. The van der Waals surface area contributed by atoms with Crippen LogP contribution < -0.4 is 5.73 Å². The molecular formula is C15H22BrClN2O2. The zero-order valence-electron chi connectivity index (χ0n) is 12.1. The van der Waals surface area contributed by atoms with Gasteiger partial charge >= 0.3 is 0 Å². The summed E-state index contributed by atoms with van der Waals surface area (Å²) < 4.78 is 6.33. The van der Waals surface area contributed by atoms with Gasteiger partial charge in [-0.15, -0.1) is 12.4 Å². The maximum Gasteiger partial charge on any atom is 0.239 e. The summed E-state index contributed by atoms with van der Waals surface area (Å²) in [5.74, 6) is 0.241. The molecule has 118 valence electrons. The van der Waals surface area contributed by atoms with Crippen LogP contribution in [-0.4, -0.2) is 37.1 Å². The smallest absolute Gasteiger partial charge is 0.239 e. The van der Waals surface area contributed by atoms with Crippen LogP contribution in [0.2, 0.25) is 0 Å². The quantitative estimate of drug-likeness (QED) is 0.877. The summed E-state index contributed by atoms with van der Waals surface area (Å²) >= 11 is 3.50. The van der Waals surface area contributed by atoms with Crippen molar-refractivity contribution in [1.29, 1.82) is 0 Å². The van der Waals surface area contributed by atoms with Gasteiger partial charge in [-0.05, 0) is 30.4 Å². The summed E-state index contributed by atoms with van der Waals surface area (Å²) in [6, 6.07) is 7.49. The van der Waals surface area contributed by atoms with E-state index in [9.17, 15) is 4.79 Å². The maximum absolute atomic E-state index is 12.4. The van der Waals surface area contributed by atoms with Crippen LogP contribution in [0.5, 0.6) is 0 Å². The molecule has 1 aromatic carbocycles. The van der Waals surface area contributed by atoms with Gasteiger partial charge in [-0.25, -0.2) is 0 Å². The third-order valence-electron chi connectivity index (χ3n) is 3.80. The van der Waals surface area contributed by atoms with E-state index in [4.69, 9.17) is 10.5 Å². The highest BCUT2D eigenvalue weighted by Gasteiger charge is 2.28. The molecule has 1 saturated heterocycles. The first-order chi connectivity index (χ1) is 9.59. The van der Waals surface area contributed by atoms with Crippen molar-refractivity contribution in [2.45, 2.75) is 25.4 Å². The maximum atomic E-state index is 12.4. The second-order valence-corrected chi connectivity index (χ2v) is 6.12. The number of halogens is 2. The van der Waals surface area contributed by atoms with Crippen LogP contribution in [0.1, 0.15) is 18.4 Å². The van der Waals surface area contributed by atoms with Crippen LogP contribution in [0, 0.1) is 5.92 Å². The molecule has 1 amide bonds. The molecule has 1 aromatic rings. The zero-order chi connectivity index (χ0) is 14.5. The predicted octanol–water partition coefficient (Wildman–Crippen LogP) is 2.58. The van der Waals surface area contributed by atoms with Crippen LogP contribution in [0.3, 0.4) is 0 Å². The van der Waals surface area contributed by atoms with Crippen molar-refractivity contribution < 1.29 is 9.53 Å². The molecule has 2 rings (SSSR count). The molecule has 0 aliphatic carbocycles. The van der Waals surface area contributed by atoms with Gasteiger partial charge in [0.2, 0.25) is 5.91 Å². The molecule has 0 saturated carbocycles. The van der Waals surface area contributed by atoms with Crippen molar-refractivity contribution in [3.8, 4) is 0 Å². The lowest BCUT2D eigenvalue weighted by Gasteiger charge is -2.30. The monoisotopic (exact) mass is 376 g/mol. The van der Waals surface area contributed by atoms with Crippen molar-refractivity contribution in [3.05, 3.63) is 34.3 Å². The Morgan fingerprint density at radius 3 is 2.67 bits per heavy atom. The van der Waals surface area contributed by atoms with E-state index < -0.39 is 6.04 Å². The van der Waals surface area contributed by atoms with Crippen molar-refractivity contribution in [1.82, 2.24) is 4.90 Å². The van der Waals surface area contributed by atoms with Crippen LogP contribution in [-0.2, 0) is 16.1 Å². The highest BCUT2D eigenvalue weighted by molar-refractivity contribution is 9.10. The fraction of sp³-hybridized carbons (Fsp3) is 0.533. The Morgan fingerprint density at radius 2 is 2.05 bits per heavy atom. The van der Waals surface area contributed by atoms with Gasteiger partial charge in [-0.3, -0.25) is 4.79 Å². The molecule has 0 bridgehead atoms. The molecule has 1 aliphatic heterocycles. The minimum Gasteiger partial charge on any atom is -0.381 e. The van der Waals surface area contributed by atoms with Crippen LogP contribution in [0.25, 0.3) is 0 Å². The average molecular weight is 378 g/mol. The minimum absolute atomic E-state index is 0. The topological polar surface area (TPSA) is 55.6 Å². The highest BCUT2D eigenvalue weighted by Crippen LogP contribution is 2.21. The second-order valence-electron chi connectivity index (χ2n) is 5.26. The summed E-state index contributed by atoms with van der Waals surface area (Å²) in [6.07, 6.45) is 1.74. The van der Waals surface area contributed by atoms with Gasteiger partial charge in [0.15, 0.2) is 0 Å². The Kier molecular flexibility index (Phi) is 7.66. The second kappa shape index (κ2) is 8.73. The molecule has 21 heavy (non-hydrogen) atoms. The first-order valence-electron chi connectivity index (χ1n) is 6.91. The van der Waals surface area contributed by atoms with Gasteiger partial charge in [0, 0.05) is 31.3 Å². The van der Waals surface area contributed by atoms with Crippen molar-refractivity contribution in [2.24, 2.45) is 11.7 Å². The van der Waals surface area contributed by atoms with Crippen molar-refractivity contribution >= 4 is 34.2 Å². The summed E-state index contributed by atoms with van der Waals surface area (Å²) in [5.41, 5.74) is 7.21. The first kappa shape index (κ1) is 18.4. The van der Waals surface area contributed by atoms with Crippen molar-refractivity contribution in [2.75, 3.05) is 20.3 Å². The molecule has 0 spiro atoms. The third-order valence-corrected chi connectivity index (χ3v) is 4.57. The number of benzene rings is 1. The van der Waals surface area contributed by atoms with E-state index in [-0.39, 0.29) is 24.2 Å². The molecule has 0 radical (unpaired) electrons. The minimum atomic E-state index is -0.425. The van der Waals surface area contributed by atoms with E-state index in [2.05, 4.69) is 15.9 Å². The van der Waals surface area contributed by atoms with E-state index in [1.807, 2.05) is 24.3 Å². The highest BCUT2D eigenvalue weighted by atomic mass is 79.9. The Bertz CT molecular complexity index is 467. The summed E-state index contributed by atoms with van der Waals surface area (Å²) in [5, 5.41) is 0. The SMILES string of the molecule is CN(Cc1ccccc1Br)C(=O)C(N)C1CCOCC1.Cl. The number of likely N-dealkylation sites (N-methyl/N-ethyl adjacent to an activating group) is 1. The van der Waals surface area contributed by atoms with Crippen LogP contribution in [0.15, 0.2) is 28.7 Å². The molecular weight excluding hydrogens is 356 g/mol. The van der Waals surface area contributed by atoms with Gasteiger partial charge in [0.05, 0.1) is 6.04 Å². The molecule has 1 unspecified atom stereocenters. The number of amides is 1. The number of rotatable bonds is 4. The number of hydrogen-bond acceptors (Lipinski definition) is 3. The number of nitrogens with zero attached hydrogens (tertiary/aromatic N) is 1. The molecule has 6 heteroatoms. The van der Waals surface area contributed by atoms with Crippen LogP contribution >= 0.6 is 28.3 Å². The van der Waals surface area contributed by atoms with Crippen molar-refractivity contribution in [3.63, 3.8) is 0 Å². The van der Waals surface area contributed by atoms with Gasteiger partial charge in [0.1, 0.15) is 0 Å². The fourth-order valence-corrected chi connectivity index (χ4v) is 2.90. The summed E-state index contributed by atoms with van der Waals surface area (Å²) in [7, 11) is 1.81.